The molecule has 0 radical (unpaired) electrons. The predicted molar refractivity (Wildman–Crippen MR) is 101 cm³/mol. The number of carbonyl (C=O) groups is 1. The van der Waals surface area contributed by atoms with E-state index in [1.54, 1.807) is 19.0 Å². The monoisotopic (exact) mass is 415 g/mol. The van der Waals surface area contributed by atoms with Crippen molar-refractivity contribution in [1.82, 2.24) is 4.31 Å². The molecule has 2 aromatic carbocycles. The lowest BCUT2D eigenvalue weighted by Gasteiger charge is -2.20. The third kappa shape index (κ3) is 4.63. The van der Waals surface area contributed by atoms with Crippen LogP contribution in [0.25, 0.3) is 0 Å². The van der Waals surface area contributed by atoms with Gasteiger partial charge in [0, 0.05) is 33.8 Å². The molecule has 6 nitrogen and oxygen atoms in total. The largest absolute Gasteiger partial charge is 0.416 e. The predicted octanol–water partition coefficient (Wildman–Crippen LogP) is 3.27. The summed E-state index contributed by atoms with van der Waals surface area (Å²) in [6.45, 7) is 0. The van der Waals surface area contributed by atoms with Gasteiger partial charge in [-0.3, -0.25) is 4.79 Å². The van der Waals surface area contributed by atoms with Crippen LogP contribution in [0.4, 0.5) is 24.5 Å². The molecular formula is C18H20F3N3O3S. The number of anilines is 2. The lowest BCUT2D eigenvalue weighted by atomic mass is 10.1. The summed E-state index contributed by atoms with van der Waals surface area (Å²) in [7, 11) is 2.39. The molecule has 0 unspecified atom stereocenters. The van der Waals surface area contributed by atoms with Crippen LogP contribution in [0.2, 0.25) is 0 Å². The van der Waals surface area contributed by atoms with Gasteiger partial charge in [-0.15, -0.1) is 0 Å². The summed E-state index contributed by atoms with van der Waals surface area (Å²) in [5.74, 6) is -0.656. The normalized spacial score (nSPS) is 12.1. The molecule has 0 aliphatic carbocycles. The Bertz CT molecular complexity index is 970. The van der Waals surface area contributed by atoms with Crippen LogP contribution in [0.1, 0.15) is 15.9 Å². The summed E-state index contributed by atoms with van der Waals surface area (Å²) in [5.41, 5.74) is -0.386. The van der Waals surface area contributed by atoms with Crippen molar-refractivity contribution in [1.29, 1.82) is 0 Å². The van der Waals surface area contributed by atoms with Gasteiger partial charge in [-0.2, -0.15) is 13.2 Å². The standard InChI is InChI=1S/C18H20F3N3O3S/c1-23(2)16-10-7-13(18(19,20)21)11-15(16)22-17(25)12-5-8-14(9-6-12)28(26,27)24(3)4/h5-11H,1-4H3,(H,22,25). The molecule has 28 heavy (non-hydrogen) atoms. The fourth-order valence-electron chi connectivity index (χ4n) is 2.39. The van der Waals surface area contributed by atoms with Crippen LogP contribution in [0.5, 0.6) is 0 Å². The van der Waals surface area contributed by atoms with Crippen LogP contribution in [0.15, 0.2) is 47.4 Å². The second-order valence-electron chi connectivity index (χ2n) is 6.39. The molecule has 152 valence electrons. The highest BCUT2D eigenvalue weighted by molar-refractivity contribution is 7.89. The van der Waals surface area contributed by atoms with Gasteiger partial charge in [-0.05, 0) is 42.5 Å². The zero-order valence-electron chi connectivity index (χ0n) is 15.7. The summed E-state index contributed by atoms with van der Waals surface area (Å²) < 4.78 is 64.2. The highest BCUT2D eigenvalue weighted by atomic mass is 32.2. The van der Waals surface area contributed by atoms with Crippen molar-refractivity contribution in [2.45, 2.75) is 11.1 Å². The van der Waals surface area contributed by atoms with E-state index < -0.39 is 27.7 Å². The van der Waals surface area contributed by atoms with Crippen molar-refractivity contribution in [3.8, 4) is 0 Å². The molecule has 0 saturated heterocycles. The maximum Gasteiger partial charge on any atom is 0.416 e. The zero-order valence-corrected chi connectivity index (χ0v) is 16.5. The quantitative estimate of drug-likeness (QED) is 0.814. The molecule has 0 spiro atoms. The van der Waals surface area contributed by atoms with Crippen molar-refractivity contribution >= 4 is 27.3 Å². The van der Waals surface area contributed by atoms with Crippen molar-refractivity contribution in [3.63, 3.8) is 0 Å². The first-order valence-corrected chi connectivity index (χ1v) is 9.50. The summed E-state index contributed by atoms with van der Waals surface area (Å²) in [6, 6.07) is 8.20. The van der Waals surface area contributed by atoms with Crippen molar-refractivity contribution in [3.05, 3.63) is 53.6 Å². The number of benzene rings is 2. The molecule has 2 rings (SSSR count). The van der Waals surface area contributed by atoms with E-state index in [0.29, 0.717) is 5.69 Å². The molecule has 2 aromatic rings. The molecule has 0 aliphatic rings. The van der Waals surface area contributed by atoms with Crippen LogP contribution in [-0.4, -0.2) is 46.8 Å². The Morgan fingerprint density at radius 3 is 2.00 bits per heavy atom. The van der Waals surface area contributed by atoms with Gasteiger partial charge in [-0.25, -0.2) is 12.7 Å². The van der Waals surface area contributed by atoms with E-state index in [1.807, 2.05) is 0 Å². The maximum atomic E-state index is 13.0. The first kappa shape index (κ1) is 21.7. The van der Waals surface area contributed by atoms with Crippen molar-refractivity contribution < 1.29 is 26.4 Å². The Morgan fingerprint density at radius 1 is 0.964 bits per heavy atom. The van der Waals surface area contributed by atoms with E-state index in [1.165, 1.54) is 44.4 Å². The molecule has 0 heterocycles. The Hall–Kier alpha value is -2.59. The lowest BCUT2D eigenvalue weighted by Crippen LogP contribution is -2.22. The second-order valence-corrected chi connectivity index (χ2v) is 8.54. The fraction of sp³-hybridized carbons (Fsp3) is 0.278. The third-order valence-corrected chi connectivity index (χ3v) is 5.78. The van der Waals surface area contributed by atoms with E-state index in [2.05, 4.69) is 5.32 Å². The number of nitrogens with one attached hydrogen (secondary N) is 1. The number of rotatable bonds is 5. The van der Waals surface area contributed by atoms with E-state index in [-0.39, 0.29) is 16.1 Å². The molecule has 0 atom stereocenters. The smallest absolute Gasteiger partial charge is 0.376 e. The SMILES string of the molecule is CN(C)c1ccc(C(F)(F)F)cc1NC(=O)c1ccc(S(=O)(=O)N(C)C)cc1. The van der Waals surface area contributed by atoms with E-state index in [4.69, 9.17) is 0 Å². The van der Waals surface area contributed by atoms with E-state index >= 15 is 0 Å². The van der Waals surface area contributed by atoms with Gasteiger partial charge >= 0.3 is 6.18 Å². The minimum atomic E-state index is -4.55. The third-order valence-electron chi connectivity index (χ3n) is 3.95. The van der Waals surface area contributed by atoms with Gasteiger partial charge in [0.1, 0.15) is 0 Å². The molecular weight excluding hydrogens is 395 g/mol. The number of sulfonamides is 1. The number of nitrogens with zero attached hydrogens (tertiary/aromatic N) is 2. The fourth-order valence-corrected chi connectivity index (χ4v) is 3.29. The number of hydrogen-bond donors (Lipinski definition) is 1. The van der Waals surface area contributed by atoms with Crippen LogP contribution in [-0.2, 0) is 16.2 Å². The van der Waals surface area contributed by atoms with Crippen LogP contribution >= 0.6 is 0 Å². The number of amides is 1. The zero-order chi connectivity index (χ0) is 21.3. The number of hydrogen-bond acceptors (Lipinski definition) is 4. The molecule has 0 aromatic heterocycles. The first-order valence-electron chi connectivity index (χ1n) is 8.06. The first-order chi connectivity index (χ1) is 12.8. The highest BCUT2D eigenvalue weighted by Gasteiger charge is 2.31. The van der Waals surface area contributed by atoms with Crippen molar-refractivity contribution in [2.75, 3.05) is 38.4 Å². The van der Waals surface area contributed by atoms with Crippen LogP contribution < -0.4 is 10.2 Å². The number of halogens is 3. The number of carbonyl (C=O) groups excluding carboxylic acids is 1. The Labute approximate surface area is 161 Å². The van der Waals surface area contributed by atoms with Crippen LogP contribution in [0.3, 0.4) is 0 Å². The summed E-state index contributed by atoms with van der Waals surface area (Å²) in [5, 5.41) is 2.46. The van der Waals surface area contributed by atoms with Gasteiger partial charge in [-0.1, -0.05) is 0 Å². The second kappa shape index (κ2) is 7.80. The Balaban J connectivity index is 2.34. The topological polar surface area (TPSA) is 69.7 Å². The van der Waals surface area contributed by atoms with Gasteiger partial charge in [0.2, 0.25) is 10.0 Å². The van der Waals surface area contributed by atoms with Crippen LogP contribution in [0, 0.1) is 0 Å². The van der Waals surface area contributed by atoms with Crippen molar-refractivity contribution in [2.24, 2.45) is 0 Å². The molecule has 1 N–H and O–H groups in total. The maximum absolute atomic E-state index is 13.0. The Kier molecular flexibility index (Phi) is 6.05. The molecule has 0 aliphatic heterocycles. The highest BCUT2D eigenvalue weighted by Crippen LogP contribution is 2.35. The lowest BCUT2D eigenvalue weighted by molar-refractivity contribution is -0.137. The Morgan fingerprint density at radius 2 is 1.54 bits per heavy atom. The summed E-state index contributed by atoms with van der Waals surface area (Å²) in [4.78, 5) is 14.0. The average Bonchev–Trinajstić information content (AvgIpc) is 2.60. The average molecular weight is 415 g/mol. The molecule has 0 fully saturated rings. The molecule has 0 bridgehead atoms. The minimum absolute atomic E-state index is 0.00194. The molecule has 1 amide bonds. The van der Waals surface area contributed by atoms with E-state index in [0.717, 1.165) is 16.4 Å². The molecule has 0 saturated carbocycles. The minimum Gasteiger partial charge on any atom is -0.376 e. The molecule has 10 heteroatoms. The van der Waals surface area contributed by atoms with Gasteiger partial charge < -0.3 is 10.2 Å². The van der Waals surface area contributed by atoms with Gasteiger partial charge in [0.15, 0.2) is 0 Å². The van der Waals surface area contributed by atoms with Gasteiger partial charge in [0.05, 0.1) is 21.8 Å². The van der Waals surface area contributed by atoms with E-state index in [9.17, 15) is 26.4 Å². The summed E-state index contributed by atoms with van der Waals surface area (Å²) in [6.07, 6.45) is -4.55. The summed E-state index contributed by atoms with van der Waals surface area (Å²) >= 11 is 0. The number of alkyl halides is 3. The van der Waals surface area contributed by atoms with Gasteiger partial charge in [0.25, 0.3) is 5.91 Å².